The first-order valence-corrected chi connectivity index (χ1v) is 6.60. The third kappa shape index (κ3) is 2.19. The largest absolute Gasteiger partial charge is 0.368 e. The van der Waals surface area contributed by atoms with Crippen LogP contribution in [0.2, 0.25) is 0 Å². The van der Waals surface area contributed by atoms with E-state index in [1.165, 1.54) is 0 Å². The molecule has 0 atom stereocenters. The van der Waals surface area contributed by atoms with Crippen molar-refractivity contribution in [3.8, 4) is 0 Å². The van der Waals surface area contributed by atoms with Crippen LogP contribution in [0.5, 0.6) is 0 Å². The molecule has 0 saturated carbocycles. The quantitative estimate of drug-likeness (QED) is 0.931. The van der Waals surface area contributed by atoms with Gasteiger partial charge in [-0.3, -0.25) is 0 Å². The standard InChI is InChI=1S/C15H15F2N3/c1-2-18-14-12(16)7-13(17)15(19-14)20-8-10-5-3-4-6-11(10)9-20/h3-7H,2,8-9H2,1H3,(H,18,19). The monoisotopic (exact) mass is 275 g/mol. The van der Waals surface area contributed by atoms with E-state index in [0.29, 0.717) is 19.6 Å². The lowest BCUT2D eigenvalue weighted by atomic mass is 10.1. The smallest absolute Gasteiger partial charge is 0.168 e. The molecule has 1 aliphatic heterocycles. The number of benzene rings is 1. The molecular formula is C15H15F2N3. The van der Waals surface area contributed by atoms with Gasteiger partial charge in [-0.2, -0.15) is 0 Å². The van der Waals surface area contributed by atoms with E-state index in [0.717, 1.165) is 17.2 Å². The van der Waals surface area contributed by atoms with Crippen LogP contribution in [0, 0.1) is 11.6 Å². The summed E-state index contributed by atoms with van der Waals surface area (Å²) in [5.41, 5.74) is 2.31. The second-order valence-electron chi connectivity index (χ2n) is 4.78. The van der Waals surface area contributed by atoms with Gasteiger partial charge in [0.25, 0.3) is 0 Å². The molecule has 20 heavy (non-hydrogen) atoms. The van der Waals surface area contributed by atoms with Crippen molar-refractivity contribution in [2.24, 2.45) is 0 Å². The molecule has 0 fully saturated rings. The van der Waals surface area contributed by atoms with E-state index in [4.69, 9.17) is 0 Å². The summed E-state index contributed by atoms with van der Waals surface area (Å²) in [6.07, 6.45) is 0. The summed E-state index contributed by atoms with van der Waals surface area (Å²) in [7, 11) is 0. The summed E-state index contributed by atoms with van der Waals surface area (Å²) >= 11 is 0. The number of pyridine rings is 1. The van der Waals surface area contributed by atoms with Gasteiger partial charge in [0.1, 0.15) is 0 Å². The first-order chi connectivity index (χ1) is 9.69. The van der Waals surface area contributed by atoms with Gasteiger partial charge in [-0.05, 0) is 18.1 Å². The number of hydrogen-bond acceptors (Lipinski definition) is 3. The minimum Gasteiger partial charge on any atom is -0.368 e. The van der Waals surface area contributed by atoms with Crippen LogP contribution in [0.1, 0.15) is 18.1 Å². The van der Waals surface area contributed by atoms with Gasteiger partial charge >= 0.3 is 0 Å². The Morgan fingerprint density at radius 2 is 1.80 bits per heavy atom. The third-order valence-corrected chi connectivity index (χ3v) is 3.40. The van der Waals surface area contributed by atoms with Gasteiger partial charge in [0.15, 0.2) is 23.3 Å². The zero-order valence-corrected chi connectivity index (χ0v) is 11.2. The second kappa shape index (κ2) is 5.07. The molecule has 0 bridgehead atoms. The molecule has 0 radical (unpaired) electrons. The van der Waals surface area contributed by atoms with Gasteiger partial charge in [0, 0.05) is 25.7 Å². The van der Waals surface area contributed by atoms with Crippen LogP contribution in [-0.2, 0) is 13.1 Å². The number of halogens is 2. The first kappa shape index (κ1) is 12.8. The lowest BCUT2D eigenvalue weighted by molar-refractivity contribution is 0.570. The Labute approximate surface area is 116 Å². The summed E-state index contributed by atoms with van der Waals surface area (Å²) in [6, 6.07) is 8.84. The Morgan fingerprint density at radius 1 is 1.15 bits per heavy atom. The van der Waals surface area contributed by atoms with Gasteiger partial charge in [-0.25, -0.2) is 13.8 Å². The Morgan fingerprint density at radius 3 is 2.40 bits per heavy atom. The molecule has 0 aliphatic carbocycles. The number of anilines is 2. The second-order valence-corrected chi connectivity index (χ2v) is 4.78. The van der Waals surface area contributed by atoms with Gasteiger partial charge in [0.2, 0.25) is 0 Å². The third-order valence-electron chi connectivity index (χ3n) is 3.40. The molecule has 5 heteroatoms. The van der Waals surface area contributed by atoms with E-state index in [1.54, 1.807) is 0 Å². The van der Waals surface area contributed by atoms with E-state index in [1.807, 2.05) is 36.1 Å². The molecule has 1 N–H and O–H groups in total. The van der Waals surface area contributed by atoms with E-state index in [-0.39, 0.29) is 11.6 Å². The molecule has 0 amide bonds. The molecule has 3 rings (SSSR count). The number of nitrogens with zero attached hydrogens (tertiary/aromatic N) is 2. The number of nitrogens with one attached hydrogen (secondary N) is 1. The molecule has 1 aromatic heterocycles. The van der Waals surface area contributed by atoms with Crippen LogP contribution in [0.3, 0.4) is 0 Å². The average Bonchev–Trinajstić information content (AvgIpc) is 2.85. The fourth-order valence-electron chi connectivity index (χ4n) is 2.45. The highest BCUT2D eigenvalue weighted by molar-refractivity contribution is 5.52. The number of rotatable bonds is 3. The van der Waals surface area contributed by atoms with Crippen LogP contribution in [0.25, 0.3) is 0 Å². The molecule has 1 aliphatic rings. The van der Waals surface area contributed by atoms with Crippen molar-refractivity contribution in [3.05, 3.63) is 53.1 Å². The molecule has 2 aromatic rings. The van der Waals surface area contributed by atoms with Crippen LogP contribution in [-0.4, -0.2) is 11.5 Å². The number of hydrogen-bond donors (Lipinski definition) is 1. The lowest BCUT2D eigenvalue weighted by Gasteiger charge is -2.18. The Bertz CT molecular complexity index is 618. The Hall–Kier alpha value is -2.17. The van der Waals surface area contributed by atoms with Crippen molar-refractivity contribution in [1.29, 1.82) is 0 Å². The van der Waals surface area contributed by atoms with Crippen LogP contribution in [0.15, 0.2) is 30.3 Å². The fraction of sp³-hybridized carbons (Fsp3) is 0.267. The summed E-state index contributed by atoms with van der Waals surface area (Å²) in [5.74, 6) is -1.000. The summed E-state index contributed by atoms with van der Waals surface area (Å²) in [5, 5.41) is 2.81. The maximum Gasteiger partial charge on any atom is 0.168 e. The fourth-order valence-corrected chi connectivity index (χ4v) is 2.45. The van der Waals surface area contributed by atoms with Crippen LogP contribution in [0.4, 0.5) is 20.4 Å². The van der Waals surface area contributed by atoms with Gasteiger partial charge in [0.05, 0.1) is 0 Å². The lowest BCUT2D eigenvalue weighted by Crippen LogP contribution is -2.19. The van der Waals surface area contributed by atoms with Gasteiger partial charge < -0.3 is 10.2 Å². The highest BCUT2D eigenvalue weighted by atomic mass is 19.1. The molecule has 0 saturated heterocycles. The van der Waals surface area contributed by atoms with Crippen LogP contribution >= 0.6 is 0 Å². The molecule has 0 spiro atoms. The van der Waals surface area contributed by atoms with E-state index in [9.17, 15) is 8.78 Å². The zero-order valence-electron chi connectivity index (χ0n) is 11.2. The van der Waals surface area contributed by atoms with Crippen molar-refractivity contribution >= 4 is 11.6 Å². The van der Waals surface area contributed by atoms with E-state index >= 15 is 0 Å². The number of aromatic nitrogens is 1. The van der Waals surface area contributed by atoms with Crippen molar-refractivity contribution in [2.45, 2.75) is 20.0 Å². The summed E-state index contributed by atoms with van der Waals surface area (Å²) < 4.78 is 27.6. The first-order valence-electron chi connectivity index (χ1n) is 6.60. The van der Waals surface area contributed by atoms with Crippen LogP contribution < -0.4 is 10.2 Å². The summed E-state index contributed by atoms with van der Waals surface area (Å²) in [4.78, 5) is 5.91. The predicted octanol–water partition coefficient (Wildman–Crippen LogP) is 3.31. The van der Waals surface area contributed by atoms with Crippen molar-refractivity contribution in [2.75, 3.05) is 16.8 Å². The van der Waals surface area contributed by atoms with Gasteiger partial charge in [-0.15, -0.1) is 0 Å². The topological polar surface area (TPSA) is 28.2 Å². The SMILES string of the molecule is CCNc1nc(N2Cc3ccccc3C2)c(F)cc1F. The predicted molar refractivity (Wildman–Crippen MR) is 74.6 cm³/mol. The average molecular weight is 275 g/mol. The Kier molecular flexibility index (Phi) is 3.26. The Balaban J connectivity index is 1.94. The molecular weight excluding hydrogens is 260 g/mol. The summed E-state index contributed by atoms with van der Waals surface area (Å²) in [6.45, 7) is 3.57. The molecule has 104 valence electrons. The zero-order chi connectivity index (χ0) is 14.1. The van der Waals surface area contributed by atoms with Crippen molar-refractivity contribution in [3.63, 3.8) is 0 Å². The van der Waals surface area contributed by atoms with Gasteiger partial charge in [-0.1, -0.05) is 24.3 Å². The molecule has 1 aromatic carbocycles. The molecule has 3 nitrogen and oxygen atoms in total. The number of fused-ring (bicyclic) bond motifs is 1. The molecule has 0 unspecified atom stereocenters. The van der Waals surface area contributed by atoms with Crippen molar-refractivity contribution < 1.29 is 8.78 Å². The van der Waals surface area contributed by atoms with E-state index in [2.05, 4.69) is 10.3 Å². The highest BCUT2D eigenvalue weighted by Gasteiger charge is 2.23. The highest BCUT2D eigenvalue weighted by Crippen LogP contribution is 2.30. The normalized spacial score (nSPS) is 13.4. The maximum absolute atomic E-state index is 14.0. The van der Waals surface area contributed by atoms with E-state index < -0.39 is 11.6 Å². The maximum atomic E-state index is 14.0. The molecule has 2 heterocycles. The minimum absolute atomic E-state index is 0.0971. The van der Waals surface area contributed by atoms with Crippen molar-refractivity contribution in [1.82, 2.24) is 4.98 Å². The minimum atomic E-state index is -0.662.